The van der Waals surface area contributed by atoms with Gasteiger partial charge in [-0.2, -0.15) is 0 Å². The number of carbonyl (C=O) groups excluding carboxylic acids is 1. The molecule has 114 valence electrons. The number of carbonyl (C=O) groups is 1. The van der Waals surface area contributed by atoms with Gasteiger partial charge >= 0.3 is 0 Å². The third kappa shape index (κ3) is 3.15. The van der Waals surface area contributed by atoms with Gasteiger partial charge in [0.25, 0.3) is 5.91 Å². The zero-order chi connectivity index (χ0) is 14.9. The number of hydrogen-bond donors (Lipinski definition) is 0. The van der Waals surface area contributed by atoms with Crippen molar-refractivity contribution in [2.45, 2.75) is 37.5 Å². The van der Waals surface area contributed by atoms with Gasteiger partial charge in [0.05, 0.1) is 13.2 Å². The van der Waals surface area contributed by atoms with E-state index in [2.05, 4.69) is 15.9 Å². The second-order valence-electron chi connectivity index (χ2n) is 5.76. The molecule has 0 N–H and O–H groups in total. The number of ether oxygens (including phenoxy) is 2. The largest absolute Gasteiger partial charge is 0.348 e. The molecule has 2 fully saturated rings. The van der Waals surface area contributed by atoms with Crippen LogP contribution in [0.15, 0.2) is 28.7 Å². The summed E-state index contributed by atoms with van der Waals surface area (Å²) >= 11 is 3.39. The predicted molar refractivity (Wildman–Crippen MR) is 83.1 cm³/mol. The second-order valence-corrected chi connectivity index (χ2v) is 6.68. The molecule has 0 unspecified atom stereocenters. The predicted octanol–water partition coefficient (Wildman–Crippen LogP) is 3.21. The van der Waals surface area contributed by atoms with Crippen molar-refractivity contribution in [3.63, 3.8) is 0 Å². The molecule has 0 radical (unpaired) electrons. The first-order valence-electron chi connectivity index (χ1n) is 7.40. The van der Waals surface area contributed by atoms with Crippen molar-refractivity contribution in [1.29, 1.82) is 0 Å². The molecule has 5 heteroatoms. The topological polar surface area (TPSA) is 38.8 Å². The highest BCUT2D eigenvalue weighted by Gasteiger charge is 2.41. The van der Waals surface area contributed by atoms with E-state index < -0.39 is 0 Å². The monoisotopic (exact) mass is 353 g/mol. The number of halogens is 1. The van der Waals surface area contributed by atoms with E-state index in [1.165, 1.54) is 0 Å². The molecule has 1 aromatic rings. The molecule has 1 amide bonds. The van der Waals surface area contributed by atoms with Crippen molar-refractivity contribution in [2.75, 3.05) is 20.3 Å². The average Bonchev–Trinajstić information content (AvgIpc) is 2.96. The molecule has 1 saturated heterocycles. The van der Waals surface area contributed by atoms with E-state index in [1.54, 1.807) is 0 Å². The fourth-order valence-corrected chi connectivity index (χ4v) is 3.44. The minimum Gasteiger partial charge on any atom is -0.348 e. The lowest BCUT2D eigenvalue weighted by atomic mass is 9.89. The van der Waals surface area contributed by atoms with Crippen LogP contribution in [0, 0.1) is 0 Å². The van der Waals surface area contributed by atoms with Crippen molar-refractivity contribution >= 4 is 21.8 Å². The zero-order valence-electron chi connectivity index (χ0n) is 12.2. The summed E-state index contributed by atoms with van der Waals surface area (Å²) in [7, 11) is 1.89. The third-order valence-electron chi connectivity index (χ3n) is 4.49. The molecule has 1 heterocycles. The molecular formula is C16H20BrNO3. The smallest absolute Gasteiger partial charge is 0.253 e. The number of benzene rings is 1. The van der Waals surface area contributed by atoms with Crippen LogP contribution < -0.4 is 0 Å². The van der Waals surface area contributed by atoms with E-state index >= 15 is 0 Å². The molecule has 1 aliphatic heterocycles. The van der Waals surface area contributed by atoms with Crippen molar-refractivity contribution in [1.82, 2.24) is 4.90 Å². The van der Waals surface area contributed by atoms with Gasteiger partial charge in [-0.15, -0.1) is 0 Å². The van der Waals surface area contributed by atoms with Crippen LogP contribution in [0.3, 0.4) is 0 Å². The maximum atomic E-state index is 12.5. The lowest BCUT2D eigenvalue weighted by molar-refractivity contribution is -0.182. The van der Waals surface area contributed by atoms with Gasteiger partial charge in [0.15, 0.2) is 5.79 Å². The molecule has 0 aromatic heterocycles. The highest BCUT2D eigenvalue weighted by molar-refractivity contribution is 9.10. The number of rotatable bonds is 2. The number of amides is 1. The molecular weight excluding hydrogens is 334 g/mol. The van der Waals surface area contributed by atoms with E-state index in [1.807, 2.05) is 36.2 Å². The van der Waals surface area contributed by atoms with E-state index in [9.17, 15) is 4.79 Å². The summed E-state index contributed by atoms with van der Waals surface area (Å²) in [5.74, 6) is -0.283. The molecule has 1 aromatic carbocycles. The lowest BCUT2D eigenvalue weighted by Gasteiger charge is -2.39. The number of nitrogens with zero attached hydrogens (tertiary/aromatic N) is 1. The zero-order valence-corrected chi connectivity index (χ0v) is 13.8. The van der Waals surface area contributed by atoms with Crippen LogP contribution in [0.5, 0.6) is 0 Å². The molecule has 0 bridgehead atoms. The lowest BCUT2D eigenvalue weighted by Crippen LogP contribution is -2.44. The van der Waals surface area contributed by atoms with Gasteiger partial charge in [-0.25, -0.2) is 0 Å². The summed E-state index contributed by atoms with van der Waals surface area (Å²) in [6, 6.07) is 7.78. The summed E-state index contributed by atoms with van der Waals surface area (Å²) in [4.78, 5) is 14.4. The third-order valence-corrected chi connectivity index (χ3v) is 5.02. The van der Waals surface area contributed by atoms with E-state index in [0.29, 0.717) is 13.2 Å². The van der Waals surface area contributed by atoms with E-state index in [-0.39, 0.29) is 17.7 Å². The van der Waals surface area contributed by atoms with Crippen LogP contribution >= 0.6 is 15.9 Å². The maximum Gasteiger partial charge on any atom is 0.253 e. The Hall–Kier alpha value is -0.910. The van der Waals surface area contributed by atoms with Gasteiger partial charge in [0.2, 0.25) is 0 Å². The molecule has 1 spiro atoms. The van der Waals surface area contributed by atoms with Crippen molar-refractivity contribution < 1.29 is 14.3 Å². The first kappa shape index (κ1) is 15.0. The Balaban J connectivity index is 1.62. The first-order valence-corrected chi connectivity index (χ1v) is 8.20. The Morgan fingerprint density at radius 3 is 2.33 bits per heavy atom. The van der Waals surface area contributed by atoms with E-state index in [4.69, 9.17) is 9.47 Å². The normalized spacial score (nSPS) is 21.6. The van der Waals surface area contributed by atoms with Crippen LogP contribution in [0.4, 0.5) is 0 Å². The van der Waals surface area contributed by atoms with Gasteiger partial charge in [-0.3, -0.25) is 4.79 Å². The Bertz CT molecular complexity index is 501. The molecule has 2 aliphatic rings. The molecule has 1 saturated carbocycles. The fourth-order valence-electron chi connectivity index (χ4n) is 3.18. The van der Waals surface area contributed by atoms with Gasteiger partial charge < -0.3 is 14.4 Å². The fraction of sp³-hybridized carbons (Fsp3) is 0.562. The van der Waals surface area contributed by atoms with Crippen molar-refractivity contribution in [3.8, 4) is 0 Å². The van der Waals surface area contributed by atoms with E-state index in [0.717, 1.165) is 35.7 Å². The summed E-state index contributed by atoms with van der Waals surface area (Å²) < 4.78 is 12.5. The van der Waals surface area contributed by atoms with Gasteiger partial charge in [-0.1, -0.05) is 15.9 Å². The summed E-state index contributed by atoms with van der Waals surface area (Å²) in [5.41, 5.74) is 0.731. The second kappa shape index (κ2) is 6.07. The van der Waals surface area contributed by atoms with Crippen LogP contribution in [-0.2, 0) is 9.47 Å². The quantitative estimate of drug-likeness (QED) is 0.819. The van der Waals surface area contributed by atoms with Gasteiger partial charge in [0.1, 0.15) is 0 Å². The van der Waals surface area contributed by atoms with Crippen molar-refractivity contribution in [2.24, 2.45) is 0 Å². The molecule has 4 nitrogen and oxygen atoms in total. The first-order chi connectivity index (χ1) is 10.1. The summed E-state index contributed by atoms with van der Waals surface area (Å²) in [6.07, 6.45) is 3.60. The molecule has 3 rings (SSSR count). The Kier molecular flexibility index (Phi) is 4.33. The minimum atomic E-state index is -0.363. The summed E-state index contributed by atoms with van der Waals surface area (Å²) in [5, 5.41) is 0. The van der Waals surface area contributed by atoms with Gasteiger partial charge in [0, 0.05) is 36.0 Å². The highest BCUT2D eigenvalue weighted by atomic mass is 79.9. The number of hydrogen-bond acceptors (Lipinski definition) is 3. The van der Waals surface area contributed by atoms with Crippen LogP contribution in [0.1, 0.15) is 36.0 Å². The Morgan fingerprint density at radius 1 is 1.19 bits per heavy atom. The standard InChI is InChI=1S/C16H20BrNO3/c1-18(15(19)12-2-4-13(17)5-3-12)14-6-8-16(9-7-14)20-10-11-21-16/h2-5,14H,6-11H2,1H3. The minimum absolute atomic E-state index is 0.0803. The molecule has 21 heavy (non-hydrogen) atoms. The van der Waals surface area contributed by atoms with Crippen LogP contribution in [0.25, 0.3) is 0 Å². The molecule has 0 atom stereocenters. The average molecular weight is 354 g/mol. The summed E-state index contributed by atoms with van der Waals surface area (Å²) in [6.45, 7) is 1.39. The van der Waals surface area contributed by atoms with Gasteiger partial charge in [-0.05, 0) is 37.1 Å². The highest BCUT2D eigenvalue weighted by Crippen LogP contribution is 2.37. The van der Waals surface area contributed by atoms with Crippen LogP contribution in [0.2, 0.25) is 0 Å². The SMILES string of the molecule is CN(C(=O)c1ccc(Br)cc1)C1CCC2(CC1)OCCO2. The van der Waals surface area contributed by atoms with Crippen LogP contribution in [-0.4, -0.2) is 42.9 Å². The Morgan fingerprint density at radius 2 is 1.76 bits per heavy atom. The Labute approximate surface area is 133 Å². The van der Waals surface area contributed by atoms with Crippen molar-refractivity contribution in [3.05, 3.63) is 34.3 Å². The maximum absolute atomic E-state index is 12.5. The molecule has 1 aliphatic carbocycles.